The van der Waals surface area contributed by atoms with Crippen LogP contribution in [0.5, 0.6) is 0 Å². The van der Waals surface area contributed by atoms with Crippen molar-refractivity contribution in [3.8, 4) is 11.4 Å². The molecule has 0 aliphatic heterocycles. The normalized spacial score (nSPS) is 12.0. The molecule has 0 fully saturated rings. The van der Waals surface area contributed by atoms with E-state index in [2.05, 4.69) is 15.5 Å². The van der Waals surface area contributed by atoms with Crippen molar-refractivity contribution in [1.82, 2.24) is 14.8 Å². The summed E-state index contributed by atoms with van der Waals surface area (Å²) in [5.41, 5.74) is 1.33. The largest absolute Gasteiger partial charge is 0.469 e. The van der Waals surface area contributed by atoms with E-state index in [0.717, 1.165) is 35.0 Å². The lowest BCUT2D eigenvalue weighted by atomic mass is 10.2. The molecule has 0 saturated heterocycles. The van der Waals surface area contributed by atoms with Gasteiger partial charge in [-0.3, -0.25) is 9.36 Å². The lowest BCUT2D eigenvalue weighted by Gasteiger charge is -2.14. The minimum absolute atomic E-state index is 0.438. The van der Waals surface area contributed by atoms with E-state index < -0.39 is 34.3 Å². The van der Waals surface area contributed by atoms with Crippen molar-refractivity contribution in [3.05, 3.63) is 83.6 Å². The maximum atomic E-state index is 13.9. The summed E-state index contributed by atoms with van der Waals surface area (Å²) < 4.78 is 47.9. The van der Waals surface area contributed by atoms with Gasteiger partial charge in [-0.2, -0.15) is 0 Å². The highest BCUT2D eigenvalue weighted by Crippen LogP contribution is 2.30. The van der Waals surface area contributed by atoms with Gasteiger partial charge >= 0.3 is 0 Å². The fraction of sp³-hybridized carbons (Fsp3) is 0.174. The smallest absolute Gasteiger partial charge is 0.237 e. The van der Waals surface area contributed by atoms with Gasteiger partial charge in [0.15, 0.2) is 28.4 Å². The van der Waals surface area contributed by atoms with E-state index >= 15 is 0 Å². The van der Waals surface area contributed by atoms with E-state index in [4.69, 9.17) is 4.42 Å². The predicted molar refractivity (Wildman–Crippen MR) is 118 cm³/mol. The summed E-state index contributed by atoms with van der Waals surface area (Å²) in [5, 5.41) is 10.6. The van der Waals surface area contributed by atoms with Gasteiger partial charge < -0.3 is 9.73 Å². The van der Waals surface area contributed by atoms with Crippen LogP contribution in [-0.4, -0.2) is 25.9 Å². The molecule has 1 amide bonds. The average Bonchev–Trinajstić information content (AvgIpc) is 3.40. The van der Waals surface area contributed by atoms with Crippen LogP contribution in [0.1, 0.15) is 18.2 Å². The van der Waals surface area contributed by atoms with Crippen LogP contribution in [-0.2, 0) is 11.3 Å². The van der Waals surface area contributed by atoms with Gasteiger partial charge in [-0.05, 0) is 37.6 Å². The number of nitrogens with zero attached hydrogens (tertiary/aromatic N) is 3. The monoisotopic (exact) mass is 472 g/mol. The van der Waals surface area contributed by atoms with Gasteiger partial charge in [0.1, 0.15) is 5.76 Å². The van der Waals surface area contributed by atoms with E-state index in [1.54, 1.807) is 19.3 Å². The van der Waals surface area contributed by atoms with Crippen molar-refractivity contribution < 1.29 is 22.4 Å². The van der Waals surface area contributed by atoms with Crippen LogP contribution in [0, 0.1) is 24.4 Å². The lowest BCUT2D eigenvalue weighted by molar-refractivity contribution is -0.115. The molecule has 2 aromatic carbocycles. The van der Waals surface area contributed by atoms with Gasteiger partial charge in [-0.15, -0.1) is 10.2 Å². The van der Waals surface area contributed by atoms with Crippen LogP contribution in [0.15, 0.2) is 64.4 Å². The summed E-state index contributed by atoms with van der Waals surface area (Å²) in [4.78, 5) is 12.6. The third kappa shape index (κ3) is 4.80. The quantitative estimate of drug-likeness (QED) is 0.287. The van der Waals surface area contributed by atoms with Crippen LogP contribution >= 0.6 is 11.8 Å². The van der Waals surface area contributed by atoms with Crippen LogP contribution in [0.4, 0.5) is 18.9 Å². The SMILES string of the molecule is Cc1occc1-c1nnc(S[C@H](C)C(=O)Nc2ccc(F)c(F)c2F)n1Cc1ccccc1. The molecule has 6 nitrogen and oxygen atoms in total. The molecule has 4 aromatic rings. The Morgan fingerprint density at radius 2 is 1.85 bits per heavy atom. The number of furan rings is 1. The predicted octanol–water partition coefficient (Wildman–Crippen LogP) is 5.43. The lowest BCUT2D eigenvalue weighted by Crippen LogP contribution is -2.24. The van der Waals surface area contributed by atoms with Gasteiger partial charge in [-0.1, -0.05) is 42.1 Å². The molecule has 0 bridgehead atoms. The molecule has 0 radical (unpaired) electrons. The zero-order valence-corrected chi connectivity index (χ0v) is 18.5. The fourth-order valence-electron chi connectivity index (χ4n) is 3.17. The molecule has 1 atom stereocenters. The minimum atomic E-state index is -1.64. The molecule has 0 spiro atoms. The van der Waals surface area contributed by atoms with Gasteiger partial charge in [0, 0.05) is 0 Å². The number of hydrogen-bond acceptors (Lipinski definition) is 5. The molecule has 2 aromatic heterocycles. The Bertz CT molecular complexity index is 1290. The highest BCUT2D eigenvalue weighted by atomic mass is 32.2. The maximum Gasteiger partial charge on any atom is 0.237 e. The highest BCUT2D eigenvalue weighted by molar-refractivity contribution is 8.00. The van der Waals surface area contributed by atoms with Gasteiger partial charge in [0.05, 0.1) is 29.3 Å². The molecule has 170 valence electrons. The van der Waals surface area contributed by atoms with Crippen molar-refractivity contribution in [2.75, 3.05) is 5.32 Å². The Balaban J connectivity index is 1.59. The van der Waals surface area contributed by atoms with Crippen molar-refractivity contribution in [2.45, 2.75) is 30.8 Å². The van der Waals surface area contributed by atoms with Gasteiger partial charge in [0.25, 0.3) is 0 Å². The van der Waals surface area contributed by atoms with E-state index in [1.807, 2.05) is 41.8 Å². The van der Waals surface area contributed by atoms with Crippen molar-refractivity contribution in [3.63, 3.8) is 0 Å². The number of halogens is 3. The Morgan fingerprint density at radius 1 is 1.09 bits per heavy atom. The molecule has 0 saturated carbocycles. The number of aryl methyl sites for hydroxylation is 1. The number of aromatic nitrogens is 3. The molecule has 2 heterocycles. The topological polar surface area (TPSA) is 72.9 Å². The molecule has 0 aliphatic rings. The molecule has 0 unspecified atom stereocenters. The van der Waals surface area contributed by atoms with E-state index in [0.29, 0.717) is 23.3 Å². The number of hydrogen-bond donors (Lipinski definition) is 1. The number of rotatable bonds is 7. The first-order chi connectivity index (χ1) is 15.8. The number of amides is 1. The number of carbonyl (C=O) groups is 1. The third-order valence-corrected chi connectivity index (χ3v) is 6.03. The first-order valence-electron chi connectivity index (χ1n) is 9.97. The first kappa shape index (κ1) is 22.7. The minimum Gasteiger partial charge on any atom is -0.469 e. The fourth-order valence-corrected chi connectivity index (χ4v) is 4.02. The summed E-state index contributed by atoms with van der Waals surface area (Å²) in [6.07, 6.45) is 1.56. The average molecular weight is 472 g/mol. The highest BCUT2D eigenvalue weighted by Gasteiger charge is 2.24. The molecular formula is C23H19F3N4O2S. The second kappa shape index (κ2) is 9.53. The van der Waals surface area contributed by atoms with Crippen LogP contribution < -0.4 is 5.32 Å². The second-order valence-electron chi connectivity index (χ2n) is 7.24. The number of anilines is 1. The second-order valence-corrected chi connectivity index (χ2v) is 8.55. The maximum absolute atomic E-state index is 13.9. The molecule has 4 rings (SSSR count). The zero-order valence-electron chi connectivity index (χ0n) is 17.7. The Morgan fingerprint density at radius 3 is 2.55 bits per heavy atom. The van der Waals surface area contributed by atoms with Crippen molar-refractivity contribution in [2.24, 2.45) is 0 Å². The van der Waals surface area contributed by atoms with Crippen LogP contribution in [0.2, 0.25) is 0 Å². The van der Waals surface area contributed by atoms with Crippen LogP contribution in [0.3, 0.4) is 0 Å². The Hall–Kier alpha value is -3.53. The number of thioether (sulfide) groups is 1. The molecular weight excluding hydrogens is 453 g/mol. The van der Waals surface area contributed by atoms with Gasteiger partial charge in [-0.25, -0.2) is 13.2 Å². The van der Waals surface area contributed by atoms with Crippen LogP contribution in [0.25, 0.3) is 11.4 Å². The van der Waals surface area contributed by atoms with E-state index in [9.17, 15) is 18.0 Å². The molecule has 0 aliphatic carbocycles. The van der Waals surface area contributed by atoms with E-state index in [-0.39, 0.29) is 0 Å². The summed E-state index contributed by atoms with van der Waals surface area (Å²) in [7, 11) is 0. The first-order valence-corrected chi connectivity index (χ1v) is 10.9. The number of benzene rings is 2. The van der Waals surface area contributed by atoms with Gasteiger partial charge in [0.2, 0.25) is 5.91 Å². The summed E-state index contributed by atoms with van der Waals surface area (Å²) in [6, 6.07) is 13.2. The number of carbonyl (C=O) groups excluding carboxylic acids is 1. The summed E-state index contributed by atoms with van der Waals surface area (Å²) in [6.45, 7) is 3.86. The van der Waals surface area contributed by atoms with Crippen molar-refractivity contribution in [1.29, 1.82) is 0 Å². The Labute approximate surface area is 191 Å². The Kier molecular flexibility index (Phi) is 6.55. The standard InChI is InChI=1S/C23H19F3N4O2S/c1-13-16(10-11-32-13)21-28-29-23(30(21)12-15-6-4-3-5-7-15)33-14(2)22(31)27-18-9-8-17(24)19(25)20(18)26/h3-11,14H,12H2,1-2H3,(H,27,31)/t14-/m1/s1. The summed E-state index contributed by atoms with van der Waals surface area (Å²) >= 11 is 1.11. The summed E-state index contributed by atoms with van der Waals surface area (Å²) in [5.74, 6) is -3.77. The van der Waals surface area contributed by atoms with E-state index in [1.165, 1.54) is 0 Å². The molecule has 1 N–H and O–H groups in total. The third-order valence-electron chi connectivity index (χ3n) is 4.94. The van der Waals surface area contributed by atoms with Crippen molar-refractivity contribution >= 4 is 23.4 Å². The molecule has 10 heteroatoms. The zero-order chi connectivity index (χ0) is 23.5. The molecule has 33 heavy (non-hydrogen) atoms. The number of nitrogens with one attached hydrogen (secondary N) is 1.